The van der Waals surface area contributed by atoms with Crippen LogP contribution in [0.3, 0.4) is 0 Å². The van der Waals surface area contributed by atoms with Crippen LogP contribution in [0.1, 0.15) is 32.7 Å². The number of hydrogen-bond acceptors (Lipinski definition) is 5. The van der Waals surface area contributed by atoms with E-state index in [1.54, 1.807) is 18.2 Å². The molecule has 11 heteroatoms. The first kappa shape index (κ1) is 23.6. The molecule has 0 radical (unpaired) electrons. The third kappa shape index (κ3) is 4.88. The highest BCUT2D eigenvalue weighted by Crippen LogP contribution is 2.33. The minimum atomic E-state index is -4.69. The van der Waals surface area contributed by atoms with E-state index in [-0.39, 0.29) is 16.8 Å². The summed E-state index contributed by atoms with van der Waals surface area (Å²) in [6.07, 6.45) is -2.50. The first-order valence-corrected chi connectivity index (χ1v) is 10.3. The zero-order valence-corrected chi connectivity index (χ0v) is 17.9. The number of carbonyl (C=O) groups is 4. The maximum Gasteiger partial charge on any atom is 0.416 e. The van der Waals surface area contributed by atoms with Gasteiger partial charge in [-0.05, 0) is 42.5 Å². The van der Waals surface area contributed by atoms with Crippen LogP contribution in [-0.4, -0.2) is 39.7 Å². The Morgan fingerprint density at radius 3 is 2.29 bits per heavy atom. The monoisotopic (exact) mass is 482 g/mol. The van der Waals surface area contributed by atoms with E-state index in [1.165, 1.54) is 42.7 Å². The van der Waals surface area contributed by atoms with Crippen molar-refractivity contribution in [3.8, 4) is 0 Å². The van der Waals surface area contributed by atoms with Gasteiger partial charge in [0.25, 0.3) is 17.7 Å². The Balaban J connectivity index is 1.68. The number of benzene rings is 2. The van der Waals surface area contributed by atoms with Crippen molar-refractivity contribution in [3.05, 3.63) is 95.8 Å². The van der Waals surface area contributed by atoms with Gasteiger partial charge in [0.15, 0.2) is 0 Å². The molecule has 4 rings (SSSR count). The Kier molecular flexibility index (Phi) is 6.32. The van der Waals surface area contributed by atoms with Gasteiger partial charge < -0.3 is 0 Å². The number of carbonyl (C=O) groups excluding carboxylic acids is 4. The van der Waals surface area contributed by atoms with Crippen molar-refractivity contribution >= 4 is 29.3 Å². The van der Waals surface area contributed by atoms with Crippen LogP contribution in [0.5, 0.6) is 0 Å². The van der Waals surface area contributed by atoms with E-state index in [0.29, 0.717) is 11.0 Å². The smallest absolute Gasteiger partial charge is 0.274 e. The molecule has 35 heavy (non-hydrogen) atoms. The van der Waals surface area contributed by atoms with Gasteiger partial charge in [-0.25, -0.2) is 9.91 Å². The van der Waals surface area contributed by atoms with Gasteiger partial charge in [-0.1, -0.05) is 24.3 Å². The van der Waals surface area contributed by atoms with Crippen molar-refractivity contribution in [3.63, 3.8) is 0 Å². The van der Waals surface area contributed by atoms with Gasteiger partial charge in [-0.3, -0.25) is 29.6 Å². The van der Waals surface area contributed by atoms with Gasteiger partial charge >= 0.3 is 6.18 Å². The minimum Gasteiger partial charge on any atom is -0.274 e. The van der Waals surface area contributed by atoms with Crippen molar-refractivity contribution in [2.75, 3.05) is 4.90 Å². The first-order valence-electron chi connectivity index (χ1n) is 10.3. The molecule has 0 spiro atoms. The summed E-state index contributed by atoms with van der Waals surface area (Å²) in [6.45, 7) is 0. The fraction of sp³-hybridized carbons (Fsp3) is 0.125. The molecule has 1 aromatic heterocycles. The summed E-state index contributed by atoms with van der Waals surface area (Å²) in [5, 5.41) is 0.742. The molecule has 2 heterocycles. The number of hydrazine groups is 1. The molecule has 1 atom stereocenters. The zero-order chi connectivity index (χ0) is 25.2. The molecule has 1 aliphatic rings. The summed E-state index contributed by atoms with van der Waals surface area (Å²) in [5.74, 6) is -3.28. The first-order chi connectivity index (χ1) is 16.7. The van der Waals surface area contributed by atoms with Gasteiger partial charge in [-0.2, -0.15) is 13.2 Å². The van der Waals surface area contributed by atoms with Gasteiger partial charge in [0.05, 0.1) is 17.7 Å². The molecule has 1 aliphatic heterocycles. The third-order valence-corrected chi connectivity index (χ3v) is 5.27. The maximum atomic E-state index is 13.2. The van der Waals surface area contributed by atoms with E-state index >= 15 is 0 Å². The summed E-state index contributed by atoms with van der Waals surface area (Å²) < 4.78 is 39.5. The molecule has 178 valence electrons. The van der Waals surface area contributed by atoms with Crippen molar-refractivity contribution in [1.29, 1.82) is 0 Å². The van der Waals surface area contributed by atoms with Crippen LogP contribution in [-0.2, 0) is 15.8 Å². The average Bonchev–Trinajstić information content (AvgIpc) is 3.16. The zero-order valence-electron chi connectivity index (χ0n) is 17.9. The lowest BCUT2D eigenvalue weighted by atomic mass is 10.1. The molecule has 0 aliphatic carbocycles. The lowest BCUT2D eigenvalue weighted by Gasteiger charge is -2.28. The van der Waals surface area contributed by atoms with E-state index in [0.717, 1.165) is 17.1 Å². The highest BCUT2D eigenvalue weighted by molar-refractivity contribution is 6.23. The number of anilines is 1. The summed E-state index contributed by atoms with van der Waals surface area (Å²) in [6, 6.07) is 12.8. The minimum absolute atomic E-state index is 0.125. The van der Waals surface area contributed by atoms with Gasteiger partial charge in [0.2, 0.25) is 5.91 Å². The molecule has 3 aromatic rings. The van der Waals surface area contributed by atoms with E-state index in [9.17, 15) is 32.3 Å². The summed E-state index contributed by atoms with van der Waals surface area (Å²) >= 11 is 0. The predicted octanol–water partition coefficient (Wildman–Crippen LogP) is 3.22. The number of imide groups is 1. The number of halogens is 3. The fourth-order valence-electron chi connectivity index (χ4n) is 3.58. The second kappa shape index (κ2) is 9.37. The highest BCUT2D eigenvalue weighted by atomic mass is 19.4. The molecule has 4 amide bonds. The molecule has 8 nitrogen and oxygen atoms in total. The Morgan fingerprint density at radius 2 is 1.63 bits per heavy atom. The average molecular weight is 482 g/mol. The topological polar surface area (TPSA) is 99.7 Å². The second-order valence-corrected chi connectivity index (χ2v) is 7.55. The fourth-order valence-corrected chi connectivity index (χ4v) is 3.58. The van der Waals surface area contributed by atoms with E-state index in [4.69, 9.17) is 0 Å². The standard InChI is InChI=1S/C24H17F3N4O4/c25-24(26,27)17-7-4-8-18(13-17)30-20(32)14-19(23(30)35)31(22(34)16-5-2-1-3-6-16)29-21(33)15-9-11-28-12-10-15/h1-13,19H,14H2,(H,29,33). The number of pyridine rings is 1. The van der Waals surface area contributed by atoms with Crippen molar-refractivity contribution in [1.82, 2.24) is 15.4 Å². The number of amides is 4. The SMILES string of the molecule is O=C(NN(C(=O)c1ccccc1)C1CC(=O)N(c2cccc(C(F)(F)F)c2)C1=O)c1ccncc1. The Hall–Kier alpha value is -4.54. The number of alkyl halides is 3. The number of hydrogen-bond donors (Lipinski definition) is 1. The molecule has 0 bridgehead atoms. The number of aromatic nitrogens is 1. The normalized spacial score (nSPS) is 15.7. The van der Waals surface area contributed by atoms with Crippen molar-refractivity contribution < 1.29 is 32.3 Å². The maximum absolute atomic E-state index is 13.2. The van der Waals surface area contributed by atoms with Crippen LogP contribution in [0.2, 0.25) is 0 Å². The van der Waals surface area contributed by atoms with Crippen LogP contribution < -0.4 is 10.3 Å². The van der Waals surface area contributed by atoms with Crippen LogP contribution in [0.15, 0.2) is 79.1 Å². The highest BCUT2D eigenvalue weighted by Gasteiger charge is 2.46. The number of nitrogens with one attached hydrogen (secondary N) is 1. The number of nitrogens with zero attached hydrogens (tertiary/aromatic N) is 3. The summed E-state index contributed by atoms with van der Waals surface area (Å²) in [5.41, 5.74) is 1.30. The van der Waals surface area contributed by atoms with E-state index in [2.05, 4.69) is 10.4 Å². The molecule has 1 saturated heterocycles. The van der Waals surface area contributed by atoms with Crippen LogP contribution in [0.25, 0.3) is 0 Å². The Bertz CT molecular complexity index is 1280. The van der Waals surface area contributed by atoms with Gasteiger partial charge in [0.1, 0.15) is 6.04 Å². The summed E-state index contributed by atoms with van der Waals surface area (Å²) in [4.78, 5) is 56.4. The third-order valence-electron chi connectivity index (χ3n) is 5.27. The lowest BCUT2D eigenvalue weighted by Crippen LogP contribution is -2.54. The van der Waals surface area contributed by atoms with Crippen LogP contribution in [0.4, 0.5) is 18.9 Å². The molecule has 2 aromatic carbocycles. The molecular formula is C24H17F3N4O4. The molecule has 1 unspecified atom stereocenters. The van der Waals surface area contributed by atoms with E-state index < -0.39 is 47.8 Å². The van der Waals surface area contributed by atoms with Gasteiger partial charge in [0, 0.05) is 23.5 Å². The predicted molar refractivity (Wildman–Crippen MR) is 117 cm³/mol. The quantitative estimate of drug-likeness (QED) is 0.455. The van der Waals surface area contributed by atoms with Crippen LogP contribution in [0, 0.1) is 0 Å². The molecule has 0 saturated carbocycles. The van der Waals surface area contributed by atoms with E-state index in [1.807, 2.05) is 0 Å². The van der Waals surface area contributed by atoms with Crippen molar-refractivity contribution in [2.24, 2.45) is 0 Å². The Labute approximate surface area is 196 Å². The number of rotatable bonds is 4. The second-order valence-electron chi connectivity index (χ2n) is 7.55. The lowest BCUT2D eigenvalue weighted by molar-refractivity contribution is -0.137. The van der Waals surface area contributed by atoms with Crippen LogP contribution >= 0.6 is 0 Å². The molecular weight excluding hydrogens is 465 g/mol. The van der Waals surface area contributed by atoms with Gasteiger partial charge in [-0.15, -0.1) is 0 Å². The largest absolute Gasteiger partial charge is 0.416 e. The van der Waals surface area contributed by atoms with Crippen molar-refractivity contribution in [2.45, 2.75) is 18.6 Å². The summed E-state index contributed by atoms with van der Waals surface area (Å²) in [7, 11) is 0. The molecule has 1 fully saturated rings. The molecule has 1 N–H and O–H groups in total. The Morgan fingerprint density at radius 1 is 0.943 bits per heavy atom.